The average Bonchev–Trinajstić information content (AvgIpc) is 2.80. The van der Waals surface area contributed by atoms with Crippen LogP contribution in [0, 0.1) is 22.7 Å². The Kier molecular flexibility index (Phi) is 4.71. The highest BCUT2D eigenvalue weighted by molar-refractivity contribution is 5.75. The van der Waals surface area contributed by atoms with E-state index >= 15 is 0 Å². The first-order chi connectivity index (χ1) is 8.19. The summed E-state index contributed by atoms with van der Waals surface area (Å²) >= 11 is 0. The molecule has 1 rings (SSSR count). The van der Waals surface area contributed by atoms with Gasteiger partial charge in [0, 0.05) is 39.0 Å². The predicted octanol–water partition coefficient (Wildman–Crippen LogP) is 0.517. The highest BCUT2D eigenvalue weighted by Gasteiger charge is 2.09. The van der Waals surface area contributed by atoms with Gasteiger partial charge in [0.1, 0.15) is 6.07 Å². The number of aryl methyl sites for hydroxylation is 1. The van der Waals surface area contributed by atoms with Crippen LogP contribution >= 0.6 is 0 Å². The minimum Gasteiger partial charge on any atom is -0.345 e. The second kappa shape index (κ2) is 6.29. The van der Waals surface area contributed by atoms with Gasteiger partial charge in [-0.25, -0.2) is 4.98 Å². The highest BCUT2D eigenvalue weighted by atomic mass is 16.2. The first kappa shape index (κ1) is 12.7. The van der Waals surface area contributed by atoms with Crippen LogP contribution in [-0.2, 0) is 11.3 Å². The summed E-state index contributed by atoms with van der Waals surface area (Å²) in [5, 5.41) is 17.1. The largest absolute Gasteiger partial charge is 0.345 e. The summed E-state index contributed by atoms with van der Waals surface area (Å²) in [6, 6.07) is 3.94. The van der Waals surface area contributed by atoms with Crippen LogP contribution in [0.3, 0.4) is 0 Å². The Morgan fingerprint density at radius 2 is 2.35 bits per heavy atom. The van der Waals surface area contributed by atoms with Crippen LogP contribution in [0.5, 0.6) is 0 Å². The van der Waals surface area contributed by atoms with Crippen LogP contribution in [-0.4, -0.2) is 34.0 Å². The minimum atomic E-state index is -0.0437. The van der Waals surface area contributed by atoms with Gasteiger partial charge in [-0.3, -0.25) is 4.79 Å². The monoisotopic (exact) mass is 231 g/mol. The number of nitriles is 2. The van der Waals surface area contributed by atoms with E-state index in [4.69, 9.17) is 10.5 Å². The van der Waals surface area contributed by atoms with Gasteiger partial charge in [0.15, 0.2) is 0 Å². The molecule has 1 aromatic rings. The Morgan fingerprint density at radius 3 is 3.00 bits per heavy atom. The third-order valence-electron chi connectivity index (χ3n) is 2.37. The molecule has 0 N–H and O–H groups in total. The molecule has 0 aliphatic carbocycles. The number of nitrogens with zero attached hydrogens (tertiary/aromatic N) is 5. The number of carbonyl (C=O) groups is 1. The van der Waals surface area contributed by atoms with Crippen molar-refractivity contribution < 1.29 is 4.79 Å². The van der Waals surface area contributed by atoms with Crippen LogP contribution in [0.1, 0.15) is 18.7 Å². The highest BCUT2D eigenvalue weighted by Crippen LogP contribution is 2.00. The van der Waals surface area contributed by atoms with Crippen LogP contribution in [0.2, 0.25) is 0 Å². The summed E-state index contributed by atoms with van der Waals surface area (Å²) in [4.78, 5) is 17.0. The zero-order valence-electron chi connectivity index (χ0n) is 9.63. The van der Waals surface area contributed by atoms with Crippen molar-refractivity contribution in [2.75, 3.05) is 13.6 Å². The fourth-order valence-corrected chi connectivity index (χ4v) is 1.35. The van der Waals surface area contributed by atoms with E-state index in [-0.39, 0.29) is 5.91 Å². The van der Waals surface area contributed by atoms with Crippen LogP contribution < -0.4 is 0 Å². The lowest BCUT2D eigenvalue weighted by molar-refractivity contribution is -0.130. The van der Waals surface area contributed by atoms with E-state index in [9.17, 15) is 4.79 Å². The molecule has 0 atom stereocenters. The maximum Gasteiger partial charge on any atom is 0.224 e. The third-order valence-corrected chi connectivity index (χ3v) is 2.37. The SMILES string of the molecule is CN(CCC#N)C(=O)CCn1ccnc1C#N. The van der Waals surface area contributed by atoms with Gasteiger partial charge in [-0.15, -0.1) is 0 Å². The van der Waals surface area contributed by atoms with Crippen molar-refractivity contribution in [3.63, 3.8) is 0 Å². The summed E-state index contributed by atoms with van der Waals surface area (Å²) < 4.78 is 1.63. The Morgan fingerprint density at radius 1 is 1.59 bits per heavy atom. The van der Waals surface area contributed by atoms with Crippen molar-refractivity contribution >= 4 is 5.91 Å². The molecule has 0 fully saturated rings. The smallest absolute Gasteiger partial charge is 0.224 e. The maximum absolute atomic E-state index is 11.6. The fraction of sp³-hybridized carbons (Fsp3) is 0.455. The summed E-state index contributed by atoms with van der Waals surface area (Å²) in [6.45, 7) is 0.864. The van der Waals surface area contributed by atoms with Crippen molar-refractivity contribution in [1.82, 2.24) is 14.5 Å². The fourth-order valence-electron chi connectivity index (χ4n) is 1.35. The van der Waals surface area contributed by atoms with Crippen molar-refractivity contribution in [3.05, 3.63) is 18.2 Å². The van der Waals surface area contributed by atoms with E-state index < -0.39 is 0 Å². The van der Waals surface area contributed by atoms with Crippen molar-refractivity contribution in [2.45, 2.75) is 19.4 Å². The molecule has 1 aromatic heterocycles. The molecule has 0 saturated carbocycles. The minimum absolute atomic E-state index is 0.0437. The zero-order valence-corrected chi connectivity index (χ0v) is 9.63. The summed E-state index contributed by atoms with van der Waals surface area (Å²) in [5.74, 6) is 0.260. The molecule has 0 aliphatic rings. The molecular formula is C11H13N5O. The van der Waals surface area contributed by atoms with Gasteiger partial charge in [-0.05, 0) is 0 Å². The van der Waals surface area contributed by atoms with Crippen LogP contribution in [0.4, 0.5) is 0 Å². The standard InChI is InChI=1S/C11H13N5O/c1-15(6-2-4-12)11(17)3-7-16-8-5-14-10(16)9-13/h5,8H,2-3,6-7H2,1H3. The van der Waals surface area contributed by atoms with Crippen molar-refractivity contribution in [2.24, 2.45) is 0 Å². The molecule has 0 bridgehead atoms. The lowest BCUT2D eigenvalue weighted by Crippen LogP contribution is -2.28. The molecule has 0 unspecified atom stereocenters. The van der Waals surface area contributed by atoms with Gasteiger partial charge in [0.25, 0.3) is 0 Å². The molecule has 88 valence electrons. The van der Waals surface area contributed by atoms with Gasteiger partial charge in [-0.2, -0.15) is 10.5 Å². The normalized spacial score (nSPS) is 9.35. The Bertz CT molecular complexity index is 465. The summed E-state index contributed by atoms with van der Waals surface area (Å²) in [7, 11) is 1.67. The Hall–Kier alpha value is -2.34. The first-order valence-electron chi connectivity index (χ1n) is 5.21. The lowest BCUT2D eigenvalue weighted by atomic mass is 10.3. The molecule has 1 amide bonds. The van der Waals surface area contributed by atoms with E-state index in [0.29, 0.717) is 31.8 Å². The summed E-state index contributed by atoms with van der Waals surface area (Å²) in [6.07, 6.45) is 3.83. The number of rotatable bonds is 5. The predicted molar refractivity (Wildman–Crippen MR) is 59.4 cm³/mol. The number of hydrogen-bond acceptors (Lipinski definition) is 4. The second-order valence-electron chi connectivity index (χ2n) is 3.53. The summed E-state index contributed by atoms with van der Waals surface area (Å²) in [5.41, 5.74) is 0. The van der Waals surface area contributed by atoms with E-state index in [1.807, 2.05) is 12.1 Å². The Balaban J connectivity index is 2.44. The number of carbonyl (C=O) groups excluding carboxylic acids is 1. The van der Waals surface area contributed by atoms with E-state index in [1.54, 1.807) is 17.8 Å². The molecule has 1 heterocycles. The Labute approximate surface area is 99.7 Å². The molecular weight excluding hydrogens is 218 g/mol. The number of aromatic nitrogens is 2. The quantitative estimate of drug-likeness (QED) is 0.739. The molecule has 0 aromatic carbocycles. The first-order valence-corrected chi connectivity index (χ1v) is 5.21. The van der Waals surface area contributed by atoms with E-state index in [1.165, 1.54) is 11.1 Å². The molecule has 6 nitrogen and oxygen atoms in total. The topological polar surface area (TPSA) is 85.7 Å². The molecule has 0 saturated heterocycles. The number of hydrogen-bond donors (Lipinski definition) is 0. The van der Waals surface area contributed by atoms with Crippen LogP contribution in [0.15, 0.2) is 12.4 Å². The third kappa shape index (κ3) is 3.62. The van der Waals surface area contributed by atoms with Crippen molar-refractivity contribution in [3.8, 4) is 12.1 Å². The van der Waals surface area contributed by atoms with Gasteiger partial charge >= 0.3 is 0 Å². The molecule has 17 heavy (non-hydrogen) atoms. The van der Waals surface area contributed by atoms with Gasteiger partial charge in [0.05, 0.1) is 12.5 Å². The van der Waals surface area contributed by atoms with Crippen LogP contribution in [0.25, 0.3) is 0 Å². The lowest BCUT2D eigenvalue weighted by Gasteiger charge is -2.15. The van der Waals surface area contributed by atoms with Gasteiger partial charge < -0.3 is 9.47 Å². The maximum atomic E-state index is 11.6. The number of amides is 1. The van der Waals surface area contributed by atoms with Crippen molar-refractivity contribution in [1.29, 1.82) is 10.5 Å². The molecule has 0 spiro atoms. The van der Waals surface area contributed by atoms with E-state index in [2.05, 4.69) is 4.98 Å². The van der Waals surface area contributed by atoms with Gasteiger partial charge in [-0.1, -0.05) is 0 Å². The van der Waals surface area contributed by atoms with Gasteiger partial charge in [0.2, 0.25) is 11.7 Å². The molecule has 0 aliphatic heterocycles. The molecule has 6 heteroatoms. The number of imidazole rings is 1. The zero-order chi connectivity index (χ0) is 12.7. The molecule has 0 radical (unpaired) electrons. The average molecular weight is 231 g/mol. The van der Waals surface area contributed by atoms with E-state index in [0.717, 1.165) is 0 Å². The second-order valence-corrected chi connectivity index (χ2v) is 3.53.